The van der Waals surface area contributed by atoms with Crippen molar-refractivity contribution in [1.82, 2.24) is 10.6 Å². The van der Waals surface area contributed by atoms with Gasteiger partial charge in [0.05, 0.1) is 0 Å². The summed E-state index contributed by atoms with van der Waals surface area (Å²) >= 11 is 5.27. The number of nitrogens with one attached hydrogen (secondary N) is 2. The topological polar surface area (TPSA) is 58.2 Å². The Morgan fingerprint density at radius 2 is 1.88 bits per heavy atom. The Morgan fingerprint density at radius 1 is 1.24 bits per heavy atom. The smallest absolute Gasteiger partial charge is 0.321 e. The minimum absolute atomic E-state index is 0.223. The molecule has 92 valence electrons. The molecule has 3 amide bonds. The zero-order valence-electron chi connectivity index (χ0n) is 9.63. The van der Waals surface area contributed by atoms with E-state index in [0.717, 1.165) is 12.0 Å². The van der Waals surface area contributed by atoms with E-state index in [-0.39, 0.29) is 5.88 Å². The standard InChI is InChI=1S/C12H15ClN2O2/c1-2-9-5-3-4-6-10(9)8-14-12(17)15-11(16)7-13/h3-6H,2,7-8H2,1H3,(H2,14,15,16,17). The number of halogens is 1. The summed E-state index contributed by atoms with van der Waals surface area (Å²) in [6, 6.07) is 7.31. The first kappa shape index (κ1) is 13.5. The maximum absolute atomic E-state index is 11.3. The van der Waals surface area contributed by atoms with Gasteiger partial charge in [0.15, 0.2) is 0 Å². The van der Waals surface area contributed by atoms with E-state index in [1.807, 2.05) is 24.3 Å². The number of aryl methyl sites for hydroxylation is 1. The number of benzene rings is 1. The number of rotatable bonds is 4. The molecule has 0 fully saturated rings. The van der Waals surface area contributed by atoms with Gasteiger partial charge in [-0.15, -0.1) is 11.6 Å². The van der Waals surface area contributed by atoms with Crippen molar-refractivity contribution in [2.24, 2.45) is 0 Å². The zero-order valence-corrected chi connectivity index (χ0v) is 10.4. The third-order valence-electron chi connectivity index (χ3n) is 2.31. The lowest BCUT2D eigenvalue weighted by Crippen LogP contribution is -2.39. The Bertz CT molecular complexity index is 407. The molecule has 2 N–H and O–H groups in total. The molecule has 4 nitrogen and oxygen atoms in total. The molecule has 0 aliphatic carbocycles. The highest BCUT2D eigenvalue weighted by atomic mass is 35.5. The van der Waals surface area contributed by atoms with Crippen LogP contribution in [0.25, 0.3) is 0 Å². The second-order valence-electron chi connectivity index (χ2n) is 3.49. The molecule has 0 saturated carbocycles. The van der Waals surface area contributed by atoms with Gasteiger partial charge in [-0.1, -0.05) is 31.2 Å². The number of amides is 3. The van der Waals surface area contributed by atoms with Gasteiger partial charge in [0, 0.05) is 6.54 Å². The predicted octanol–water partition coefficient (Wildman–Crippen LogP) is 1.81. The Morgan fingerprint density at radius 3 is 2.47 bits per heavy atom. The molecule has 5 heteroatoms. The number of imide groups is 1. The number of alkyl halides is 1. The van der Waals surface area contributed by atoms with E-state index >= 15 is 0 Å². The normalized spacial score (nSPS) is 9.76. The molecule has 1 rings (SSSR count). The summed E-state index contributed by atoms with van der Waals surface area (Å²) in [6.07, 6.45) is 0.903. The quantitative estimate of drug-likeness (QED) is 0.806. The van der Waals surface area contributed by atoms with Crippen LogP contribution in [0.2, 0.25) is 0 Å². The summed E-state index contributed by atoms with van der Waals surface area (Å²) in [5, 5.41) is 4.73. The second kappa shape index (κ2) is 6.91. The van der Waals surface area contributed by atoms with Crippen LogP contribution < -0.4 is 10.6 Å². The number of urea groups is 1. The van der Waals surface area contributed by atoms with E-state index in [4.69, 9.17) is 11.6 Å². The largest absolute Gasteiger partial charge is 0.334 e. The lowest BCUT2D eigenvalue weighted by atomic mass is 10.1. The van der Waals surface area contributed by atoms with Gasteiger partial charge in [0.25, 0.3) is 0 Å². The highest BCUT2D eigenvalue weighted by Gasteiger charge is 2.06. The van der Waals surface area contributed by atoms with Crippen molar-refractivity contribution < 1.29 is 9.59 Å². The van der Waals surface area contributed by atoms with Gasteiger partial charge in [-0.2, -0.15) is 0 Å². The molecule has 0 aliphatic heterocycles. The van der Waals surface area contributed by atoms with Crippen LogP contribution in [0.1, 0.15) is 18.1 Å². The molecule has 0 radical (unpaired) electrons. The molecule has 0 saturated heterocycles. The minimum Gasteiger partial charge on any atom is -0.334 e. The van der Waals surface area contributed by atoms with Crippen LogP contribution in [0.4, 0.5) is 4.79 Å². The van der Waals surface area contributed by atoms with E-state index in [0.29, 0.717) is 6.54 Å². The highest BCUT2D eigenvalue weighted by molar-refractivity contribution is 6.28. The summed E-state index contributed by atoms with van der Waals surface area (Å²) in [6.45, 7) is 2.45. The van der Waals surface area contributed by atoms with Gasteiger partial charge in [0.1, 0.15) is 5.88 Å². The molecule has 0 bridgehead atoms. The Kier molecular flexibility index (Phi) is 5.49. The highest BCUT2D eigenvalue weighted by Crippen LogP contribution is 2.08. The molecule has 17 heavy (non-hydrogen) atoms. The van der Waals surface area contributed by atoms with Gasteiger partial charge in [-0.05, 0) is 17.5 Å². The number of carbonyl (C=O) groups is 2. The van der Waals surface area contributed by atoms with Crippen LogP contribution >= 0.6 is 11.6 Å². The molecule has 0 atom stereocenters. The maximum atomic E-state index is 11.3. The van der Waals surface area contributed by atoms with Crippen molar-refractivity contribution >= 4 is 23.5 Å². The number of hydrogen-bond acceptors (Lipinski definition) is 2. The van der Waals surface area contributed by atoms with Crippen LogP contribution in [0.3, 0.4) is 0 Å². The SMILES string of the molecule is CCc1ccccc1CNC(=O)NC(=O)CCl. The molecule has 0 aromatic heterocycles. The summed E-state index contributed by atoms with van der Waals surface area (Å²) in [5.41, 5.74) is 2.22. The van der Waals surface area contributed by atoms with Gasteiger partial charge in [0.2, 0.25) is 5.91 Å². The van der Waals surface area contributed by atoms with Crippen molar-refractivity contribution in [3.63, 3.8) is 0 Å². The fourth-order valence-electron chi connectivity index (χ4n) is 1.45. The number of hydrogen-bond donors (Lipinski definition) is 2. The van der Waals surface area contributed by atoms with E-state index in [1.165, 1.54) is 5.56 Å². The Balaban J connectivity index is 2.50. The average molecular weight is 255 g/mol. The third kappa shape index (κ3) is 4.44. The van der Waals surface area contributed by atoms with E-state index in [2.05, 4.69) is 17.6 Å². The van der Waals surface area contributed by atoms with Crippen LogP contribution in [-0.2, 0) is 17.8 Å². The van der Waals surface area contributed by atoms with E-state index < -0.39 is 11.9 Å². The zero-order chi connectivity index (χ0) is 12.7. The average Bonchev–Trinajstić information content (AvgIpc) is 2.36. The molecule has 0 heterocycles. The van der Waals surface area contributed by atoms with Crippen LogP contribution in [-0.4, -0.2) is 17.8 Å². The molecule has 1 aromatic carbocycles. The summed E-state index contributed by atoms with van der Waals surface area (Å²) in [5.74, 6) is -0.730. The van der Waals surface area contributed by atoms with Gasteiger partial charge < -0.3 is 5.32 Å². The van der Waals surface area contributed by atoms with Crippen molar-refractivity contribution in [2.45, 2.75) is 19.9 Å². The summed E-state index contributed by atoms with van der Waals surface area (Å²) in [7, 11) is 0. The fraction of sp³-hybridized carbons (Fsp3) is 0.333. The Labute approximate surface area is 105 Å². The lowest BCUT2D eigenvalue weighted by Gasteiger charge is -2.09. The molecular weight excluding hydrogens is 240 g/mol. The van der Waals surface area contributed by atoms with Crippen molar-refractivity contribution in [1.29, 1.82) is 0 Å². The first-order valence-corrected chi connectivity index (χ1v) is 5.91. The van der Waals surface area contributed by atoms with Gasteiger partial charge >= 0.3 is 6.03 Å². The van der Waals surface area contributed by atoms with Crippen LogP contribution in [0, 0.1) is 0 Å². The first-order valence-electron chi connectivity index (χ1n) is 5.37. The third-order valence-corrected chi connectivity index (χ3v) is 2.56. The van der Waals surface area contributed by atoms with Gasteiger partial charge in [-0.3, -0.25) is 10.1 Å². The van der Waals surface area contributed by atoms with Crippen molar-refractivity contribution in [3.8, 4) is 0 Å². The molecule has 0 aliphatic rings. The minimum atomic E-state index is -0.526. The summed E-state index contributed by atoms with van der Waals surface area (Å²) in [4.78, 5) is 22.1. The molecular formula is C12H15ClN2O2. The van der Waals surface area contributed by atoms with Crippen molar-refractivity contribution in [3.05, 3.63) is 35.4 Å². The van der Waals surface area contributed by atoms with Gasteiger partial charge in [-0.25, -0.2) is 4.79 Å². The van der Waals surface area contributed by atoms with Crippen LogP contribution in [0.5, 0.6) is 0 Å². The Hall–Kier alpha value is -1.55. The second-order valence-corrected chi connectivity index (χ2v) is 3.75. The summed E-state index contributed by atoms with van der Waals surface area (Å²) < 4.78 is 0. The maximum Gasteiger partial charge on any atom is 0.321 e. The monoisotopic (exact) mass is 254 g/mol. The number of carbonyl (C=O) groups excluding carboxylic acids is 2. The van der Waals surface area contributed by atoms with Crippen LogP contribution in [0.15, 0.2) is 24.3 Å². The van der Waals surface area contributed by atoms with E-state index in [1.54, 1.807) is 0 Å². The lowest BCUT2D eigenvalue weighted by molar-refractivity contribution is -0.117. The van der Waals surface area contributed by atoms with Crippen molar-refractivity contribution in [2.75, 3.05) is 5.88 Å². The predicted molar refractivity (Wildman–Crippen MR) is 66.9 cm³/mol. The molecule has 0 unspecified atom stereocenters. The fourth-order valence-corrected chi connectivity index (χ4v) is 1.52. The van der Waals surface area contributed by atoms with E-state index in [9.17, 15) is 9.59 Å². The molecule has 1 aromatic rings. The molecule has 0 spiro atoms. The first-order chi connectivity index (χ1) is 8.17.